The molecule has 0 aliphatic carbocycles. The van der Waals surface area contributed by atoms with E-state index in [1.807, 2.05) is 13.8 Å². The zero-order valence-electron chi connectivity index (χ0n) is 11.4. The fourth-order valence-corrected chi connectivity index (χ4v) is 2.08. The molecular weight excluding hydrogens is 244 g/mol. The highest BCUT2D eigenvalue weighted by molar-refractivity contribution is 5.74. The predicted molar refractivity (Wildman–Crippen MR) is 70.9 cm³/mol. The molecule has 0 radical (unpaired) electrons. The Bertz CT molecular complexity index is 410. The molecule has 6 nitrogen and oxygen atoms in total. The van der Waals surface area contributed by atoms with Crippen molar-refractivity contribution in [3.63, 3.8) is 0 Å². The van der Waals surface area contributed by atoms with E-state index in [2.05, 4.69) is 15.3 Å². The molecule has 1 aliphatic rings. The van der Waals surface area contributed by atoms with Crippen LogP contribution in [0.5, 0.6) is 5.88 Å². The van der Waals surface area contributed by atoms with Crippen LogP contribution in [0.3, 0.4) is 0 Å². The first-order valence-corrected chi connectivity index (χ1v) is 6.63. The monoisotopic (exact) mass is 264 g/mol. The lowest BCUT2D eigenvalue weighted by molar-refractivity contribution is 0.0970. The lowest BCUT2D eigenvalue weighted by Gasteiger charge is -2.33. The summed E-state index contributed by atoms with van der Waals surface area (Å²) in [5.74, 6) is 0.561. The maximum absolute atomic E-state index is 11.9. The molecule has 0 saturated carbocycles. The van der Waals surface area contributed by atoms with Crippen LogP contribution in [0.15, 0.2) is 18.6 Å². The van der Waals surface area contributed by atoms with Gasteiger partial charge in [-0.25, -0.2) is 14.8 Å². The van der Waals surface area contributed by atoms with Gasteiger partial charge in [-0.15, -0.1) is 0 Å². The lowest BCUT2D eigenvalue weighted by Crippen LogP contribution is -2.50. The highest BCUT2D eigenvalue weighted by Gasteiger charge is 2.25. The van der Waals surface area contributed by atoms with Crippen molar-refractivity contribution in [2.45, 2.75) is 38.8 Å². The molecule has 1 aromatic rings. The van der Waals surface area contributed by atoms with Crippen LogP contribution in [0.1, 0.15) is 26.7 Å². The van der Waals surface area contributed by atoms with E-state index in [4.69, 9.17) is 4.74 Å². The van der Waals surface area contributed by atoms with Gasteiger partial charge in [0.25, 0.3) is 0 Å². The van der Waals surface area contributed by atoms with Crippen molar-refractivity contribution >= 4 is 6.03 Å². The molecule has 0 aromatic carbocycles. The maximum Gasteiger partial charge on any atom is 0.317 e. The van der Waals surface area contributed by atoms with Crippen LogP contribution in [0.4, 0.5) is 4.79 Å². The molecule has 1 aliphatic heterocycles. The van der Waals surface area contributed by atoms with E-state index in [-0.39, 0.29) is 18.2 Å². The highest BCUT2D eigenvalue weighted by Crippen LogP contribution is 2.16. The number of nitrogens with zero attached hydrogens (tertiary/aromatic N) is 3. The van der Waals surface area contributed by atoms with Gasteiger partial charge in [-0.1, -0.05) is 0 Å². The Morgan fingerprint density at radius 2 is 2.42 bits per heavy atom. The molecular formula is C13H20N4O2. The predicted octanol–water partition coefficient (Wildman–Crippen LogP) is 1.44. The van der Waals surface area contributed by atoms with Crippen molar-refractivity contribution in [2.24, 2.45) is 0 Å². The molecule has 2 heterocycles. The van der Waals surface area contributed by atoms with Crippen LogP contribution < -0.4 is 10.1 Å². The third-order valence-electron chi connectivity index (χ3n) is 2.92. The molecule has 2 rings (SSSR count). The number of ether oxygens (including phenoxy) is 1. The summed E-state index contributed by atoms with van der Waals surface area (Å²) in [7, 11) is 0. The van der Waals surface area contributed by atoms with Crippen LogP contribution in [0.2, 0.25) is 0 Å². The molecule has 0 spiro atoms. The summed E-state index contributed by atoms with van der Waals surface area (Å²) < 4.78 is 5.77. The van der Waals surface area contributed by atoms with Gasteiger partial charge >= 0.3 is 6.03 Å². The normalized spacial score (nSPS) is 19.3. The summed E-state index contributed by atoms with van der Waals surface area (Å²) in [4.78, 5) is 21.6. The SMILES string of the molecule is CC(C)NC(=O)N1CCCC(Oc2ccncn2)C1. The van der Waals surface area contributed by atoms with E-state index in [0.29, 0.717) is 12.4 Å². The van der Waals surface area contributed by atoms with Crippen molar-refractivity contribution in [1.82, 2.24) is 20.2 Å². The first-order valence-electron chi connectivity index (χ1n) is 6.63. The van der Waals surface area contributed by atoms with E-state index < -0.39 is 0 Å². The summed E-state index contributed by atoms with van der Waals surface area (Å²) in [6, 6.07) is 1.86. The quantitative estimate of drug-likeness (QED) is 0.897. The van der Waals surface area contributed by atoms with Crippen molar-refractivity contribution in [2.75, 3.05) is 13.1 Å². The van der Waals surface area contributed by atoms with Crippen LogP contribution >= 0.6 is 0 Å². The number of nitrogens with one attached hydrogen (secondary N) is 1. The minimum atomic E-state index is -0.0222. The Balaban J connectivity index is 1.88. The van der Waals surface area contributed by atoms with Gasteiger partial charge in [0.1, 0.15) is 12.4 Å². The van der Waals surface area contributed by atoms with Crippen LogP contribution in [-0.4, -0.2) is 46.1 Å². The Morgan fingerprint density at radius 3 is 3.11 bits per heavy atom. The average Bonchev–Trinajstić information content (AvgIpc) is 2.39. The van der Waals surface area contributed by atoms with Gasteiger partial charge in [0.05, 0.1) is 6.54 Å². The number of urea groups is 1. The zero-order chi connectivity index (χ0) is 13.7. The Kier molecular flexibility index (Phi) is 4.54. The minimum absolute atomic E-state index is 0.00145. The highest BCUT2D eigenvalue weighted by atomic mass is 16.5. The van der Waals surface area contributed by atoms with Crippen molar-refractivity contribution < 1.29 is 9.53 Å². The second-order valence-electron chi connectivity index (χ2n) is 4.98. The second kappa shape index (κ2) is 6.36. The Hall–Kier alpha value is -1.85. The number of amides is 2. The summed E-state index contributed by atoms with van der Waals surface area (Å²) >= 11 is 0. The summed E-state index contributed by atoms with van der Waals surface area (Å²) in [5.41, 5.74) is 0. The molecule has 2 amide bonds. The third kappa shape index (κ3) is 4.08. The molecule has 1 unspecified atom stereocenters. The number of carbonyl (C=O) groups is 1. The number of rotatable bonds is 3. The number of carbonyl (C=O) groups excluding carboxylic acids is 1. The summed E-state index contributed by atoms with van der Waals surface area (Å²) in [6.07, 6.45) is 4.99. The van der Waals surface area contributed by atoms with Crippen molar-refractivity contribution in [1.29, 1.82) is 0 Å². The van der Waals surface area contributed by atoms with E-state index >= 15 is 0 Å². The van der Waals surface area contributed by atoms with E-state index in [1.54, 1.807) is 17.2 Å². The second-order valence-corrected chi connectivity index (χ2v) is 4.98. The number of likely N-dealkylation sites (tertiary alicyclic amines) is 1. The minimum Gasteiger partial charge on any atom is -0.472 e. The number of aromatic nitrogens is 2. The Labute approximate surface area is 113 Å². The van der Waals surface area contributed by atoms with Crippen molar-refractivity contribution in [3.8, 4) is 5.88 Å². The molecule has 1 saturated heterocycles. The molecule has 1 fully saturated rings. The first kappa shape index (κ1) is 13.6. The van der Waals surface area contributed by atoms with Crippen LogP contribution in [0.25, 0.3) is 0 Å². The van der Waals surface area contributed by atoms with Gasteiger partial charge in [0, 0.05) is 24.8 Å². The molecule has 1 N–H and O–H groups in total. The molecule has 1 atom stereocenters. The number of hydrogen-bond donors (Lipinski definition) is 1. The zero-order valence-corrected chi connectivity index (χ0v) is 11.4. The Morgan fingerprint density at radius 1 is 1.58 bits per heavy atom. The number of piperidine rings is 1. The number of hydrogen-bond acceptors (Lipinski definition) is 4. The largest absolute Gasteiger partial charge is 0.472 e. The van der Waals surface area contributed by atoms with Gasteiger partial charge in [-0.3, -0.25) is 0 Å². The fourth-order valence-electron chi connectivity index (χ4n) is 2.08. The standard InChI is InChI=1S/C13H20N4O2/c1-10(2)16-13(18)17-7-3-4-11(8-17)19-12-5-6-14-9-15-12/h5-6,9-11H,3-4,7-8H2,1-2H3,(H,16,18). The summed E-state index contributed by atoms with van der Waals surface area (Å²) in [5, 5.41) is 2.90. The van der Waals surface area contributed by atoms with Crippen LogP contribution in [-0.2, 0) is 0 Å². The van der Waals surface area contributed by atoms with Gasteiger partial charge in [-0.2, -0.15) is 0 Å². The fraction of sp³-hybridized carbons (Fsp3) is 0.615. The van der Waals surface area contributed by atoms with Crippen molar-refractivity contribution in [3.05, 3.63) is 18.6 Å². The molecule has 1 aromatic heterocycles. The summed E-state index contributed by atoms with van der Waals surface area (Å²) in [6.45, 7) is 5.29. The smallest absolute Gasteiger partial charge is 0.317 e. The lowest BCUT2D eigenvalue weighted by atomic mass is 10.1. The average molecular weight is 264 g/mol. The first-order chi connectivity index (χ1) is 9.15. The third-order valence-corrected chi connectivity index (χ3v) is 2.92. The van der Waals surface area contributed by atoms with Crippen LogP contribution in [0, 0.1) is 0 Å². The van der Waals surface area contributed by atoms with E-state index in [0.717, 1.165) is 19.4 Å². The van der Waals surface area contributed by atoms with E-state index in [1.165, 1.54) is 6.33 Å². The van der Waals surface area contributed by atoms with Gasteiger partial charge in [-0.05, 0) is 26.7 Å². The molecule has 0 bridgehead atoms. The van der Waals surface area contributed by atoms with E-state index in [9.17, 15) is 4.79 Å². The van der Waals surface area contributed by atoms with Gasteiger partial charge < -0.3 is 15.0 Å². The molecule has 19 heavy (non-hydrogen) atoms. The topological polar surface area (TPSA) is 67.4 Å². The molecule has 6 heteroatoms. The molecule has 104 valence electrons. The van der Waals surface area contributed by atoms with Gasteiger partial charge in [0.2, 0.25) is 5.88 Å². The van der Waals surface area contributed by atoms with Gasteiger partial charge in [0.15, 0.2) is 0 Å². The maximum atomic E-state index is 11.9.